The molecule has 0 bridgehead atoms. The van der Waals surface area contributed by atoms with Gasteiger partial charge in [0.2, 0.25) is 0 Å². The number of rotatable bonds is 8. The molecular formula is C33H39NO4. The van der Waals surface area contributed by atoms with E-state index in [1.807, 2.05) is 36.4 Å². The van der Waals surface area contributed by atoms with Gasteiger partial charge in [-0.25, -0.2) is 0 Å². The lowest BCUT2D eigenvalue weighted by Crippen LogP contribution is -2.35. The van der Waals surface area contributed by atoms with Crippen LogP contribution in [0.3, 0.4) is 0 Å². The first-order valence-electron chi connectivity index (χ1n) is 13.3. The summed E-state index contributed by atoms with van der Waals surface area (Å²) >= 11 is 0. The molecule has 5 heteroatoms. The Morgan fingerprint density at radius 3 is 2.18 bits per heavy atom. The van der Waals surface area contributed by atoms with E-state index in [0.29, 0.717) is 17.9 Å². The monoisotopic (exact) mass is 513 g/mol. The summed E-state index contributed by atoms with van der Waals surface area (Å²) in [6.45, 7) is 12.8. The van der Waals surface area contributed by atoms with Crippen molar-refractivity contribution in [3.63, 3.8) is 0 Å². The van der Waals surface area contributed by atoms with Crippen LogP contribution in [0, 0.1) is 0 Å². The zero-order valence-electron chi connectivity index (χ0n) is 23.4. The summed E-state index contributed by atoms with van der Waals surface area (Å²) in [5, 5.41) is 9.51. The van der Waals surface area contributed by atoms with E-state index >= 15 is 0 Å². The van der Waals surface area contributed by atoms with E-state index in [2.05, 4.69) is 65.8 Å². The van der Waals surface area contributed by atoms with Crippen LogP contribution in [-0.2, 0) is 29.6 Å². The van der Waals surface area contributed by atoms with Crippen LogP contribution in [0.1, 0.15) is 85.6 Å². The third-order valence-electron chi connectivity index (χ3n) is 7.26. The lowest BCUT2D eigenvalue weighted by Gasteiger charge is -2.24. The summed E-state index contributed by atoms with van der Waals surface area (Å²) in [5.41, 5.74) is 5.68. The van der Waals surface area contributed by atoms with Gasteiger partial charge in [-0.15, -0.1) is 0 Å². The molecule has 1 atom stereocenters. The number of amides is 1. The third-order valence-corrected chi connectivity index (χ3v) is 7.26. The van der Waals surface area contributed by atoms with Gasteiger partial charge in [0.25, 0.3) is 5.91 Å². The molecule has 0 aromatic heterocycles. The van der Waals surface area contributed by atoms with E-state index in [1.165, 1.54) is 21.6 Å². The third kappa shape index (κ3) is 6.45. The molecule has 4 rings (SSSR count). The Kier molecular flexibility index (Phi) is 7.68. The molecule has 0 fully saturated rings. The van der Waals surface area contributed by atoms with Gasteiger partial charge in [0.1, 0.15) is 17.9 Å². The minimum absolute atomic E-state index is 0.0215. The van der Waals surface area contributed by atoms with Gasteiger partial charge in [0.05, 0.1) is 0 Å². The number of fused-ring (bicyclic) bond motifs is 1. The Bertz CT molecular complexity index is 1300. The van der Waals surface area contributed by atoms with Crippen molar-refractivity contribution >= 4 is 11.9 Å². The van der Waals surface area contributed by atoms with E-state index in [0.717, 1.165) is 23.3 Å². The van der Waals surface area contributed by atoms with E-state index in [4.69, 9.17) is 4.74 Å². The number of carbonyl (C=O) groups excluding carboxylic acids is 1. The van der Waals surface area contributed by atoms with Crippen molar-refractivity contribution in [3.05, 3.63) is 100 Å². The highest BCUT2D eigenvalue weighted by Gasteiger charge is 2.35. The molecule has 1 heterocycles. The fourth-order valence-corrected chi connectivity index (χ4v) is 5.08. The number of hydrogen-bond acceptors (Lipinski definition) is 3. The maximum absolute atomic E-state index is 13.5. The standard InChI is InChI=1S/C33H39NO4/c1-22(2)25-11-7-23(8-12-25)18-33(6)19-27-17-26(13-16-29(27)38-33)31(37)34(21-30(35)36)20-24-9-14-28(15-10-24)32(3,4)5/h7-17,22H,18-21H2,1-6H3,(H,35,36)/t33-/m1/s1. The molecule has 3 aromatic rings. The minimum Gasteiger partial charge on any atom is -0.487 e. The number of benzene rings is 3. The number of nitrogens with zero attached hydrogens (tertiary/aromatic N) is 1. The molecule has 1 aliphatic rings. The normalized spacial score (nSPS) is 16.7. The van der Waals surface area contributed by atoms with E-state index < -0.39 is 11.6 Å². The largest absolute Gasteiger partial charge is 0.487 e. The number of hydrogen-bond donors (Lipinski definition) is 1. The first kappa shape index (κ1) is 27.4. The molecule has 200 valence electrons. The molecule has 1 amide bonds. The molecule has 0 unspecified atom stereocenters. The molecule has 38 heavy (non-hydrogen) atoms. The van der Waals surface area contributed by atoms with Crippen LogP contribution in [0.5, 0.6) is 5.75 Å². The molecule has 5 nitrogen and oxygen atoms in total. The smallest absolute Gasteiger partial charge is 0.323 e. The first-order valence-corrected chi connectivity index (χ1v) is 13.3. The zero-order valence-corrected chi connectivity index (χ0v) is 23.4. The van der Waals surface area contributed by atoms with Crippen molar-refractivity contribution in [2.45, 2.75) is 77.9 Å². The summed E-state index contributed by atoms with van der Waals surface area (Å²) in [6, 6.07) is 22.2. The predicted octanol–water partition coefficient (Wildman–Crippen LogP) is 6.77. The SMILES string of the molecule is CC(C)c1ccc(C[C@]2(C)Cc3cc(C(=O)N(CC(=O)O)Cc4ccc(C(C)(C)C)cc4)ccc3O2)cc1. The van der Waals surface area contributed by atoms with Crippen LogP contribution in [0.4, 0.5) is 0 Å². The Hall–Kier alpha value is -3.60. The van der Waals surface area contributed by atoms with Crippen molar-refractivity contribution < 1.29 is 19.4 Å². The molecule has 0 saturated carbocycles. The Balaban J connectivity index is 1.49. The van der Waals surface area contributed by atoms with E-state index in [-0.39, 0.29) is 24.4 Å². The quantitative estimate of drug-likeness (QED) is 0.361. The number of ether oxygens (including phenoxy) is 1. The highest BCUT2D eigenvalue weighted by atomic mass is 16.5. The van der Waals surface area contributed by atoms with Crippen molar-refractivity contribution in [2.75, 3.05) is 6.54 Å². The molecule has 3 aromatic carbocycles. The van der Waals surface area contributed by atoms with Crippen LogP contribution < -0.4 is 4.74 Å². The summed E-state index contributed by atoms with van der Waals surface area (Å²) in [5.74, 6) is -0.0604. The lowest BCUT2D eigenvalue weighted by atomic mass is 9.87. The fraction of sp³-hybridized carbons (Fsp3) is 0.394. The van der Waals surface area contributed by atoms with Crippen LogP contribution in [0.25, 0.3) is 0 Å². The number of carbonyl (C=O) groups is 2. The number of carboxylic acids is 1. The van der Waals surface area contributed by atoms with Gasteiger partial charge in [-0.05, 0) is 64.3 Å². The fourth-order valence-electron chi connectivity index (χ4n) is 5.08. The maximum Gasteiger partial charge on any atom is 0.323 e. The summed E-state index contributed by atoms with van der Waals surface area (Å²) in [4.78, 5) is 26.5. The summed E-state index contributed by atoms with van der Waals surface area (Å²) in [7, 11) is 0. The number of carboxylic acid groups (broad SMARTS) is 1. The second-order valence-electron chi connectivity index (χ2n) is 12.1. The second kappa shape index (κ2) is 10.6. The molecule has 0 radical (unpaired) electrons. The van der Waals surface area contributed by atoms with Gasteiger partial charge < -0.3 is 14.7 Å². The van der Waals surface area contributed by atoms with Gasteiger partial charge in [0.15, 0.2) is 0 Å². The number of aliphatic carboxylic acids is 1. The highest BCUT2D eigenvalue weighted by molar-refractivity contribution is 5.96. The summed E-state index contributed by atoms with van der Waals surface area (Å²) in [6.07, 6.45) is 1.45. The Morgan fingerprint density at radius 1 is 0.974 bits per heavy atom. The van der Waals surface area contributed by atoms with Crippen LogP contribution >= 0.6 is 0 Å². The zero-order chi connectivity index (χ0) is 27.7. The van der Waals surface area contributed by atoms with Crippen molar-refractivity contribution in [3.8, 4) is 5.75 Å². The van der Waals surface area contributed by atoms with Gasteiger partial charge in [-0.2, -0.15) is 0 Å². The molecule has 0 spiro atoms. The average Bonchev–Trinajstić information content (AvgIpc) is 3.17. The van der Waals surface area contributed by atoms with Crippen molar-refractivity contribution in [1.82, 2.24) is 4.90 Å². The highest BCUT2D eigenvalue weighted by Crippen LogP contribution is 2.38. The molecule has 0 aliphatic carbocycles. The van der Waals surface area contributed by atoms with Gasteiger partial charge in [0, 0.05) is 24.9 Å². The van der Waals surface area contributed by atoms with Gasteiger partial charge in [-0.3, -0.25) is 9.59 Å². The molecular weight excluding hydrogens is 474 g/mol. The molecule has 0 saturated heterocycles. The van der Waals surface area contributed by atoms with E-state index in [9.17, 15) is 14.7 Å². The predicted molar refractivity (Wildman–Crippen MR) is 151 cm³/mol. The van der Waals surface area contributed by atoms with Gasteiger partial charge >= 0.3 is 5.97 Å². The maximum atomic E-state index is 13.5. The lowest BCUT2D eigenvalue weighted by molar-refractivity contribution is -0.137. The Morgan fingerprint density at radius 2 is 1.61 bits per heavy atom. The van der Waals surface area contributed by atoms with E-state index in [1.54, 1.807) is 6.07 Å². The minimum atomic E-state index is -1.04. The second-order valence-corrected chi connectivity index (χ2v) is 12.1. The molecule has 1 aliphatic heterocycles. The topological polar surface area (TPSA) is 66.8 Å². The summed E-state index contributed by atoms with van der Waals surface area (Å²) < 4.78 is 6.35. The van der Waals surface area contributed by atoms with Crippen LogP contribution in [0.15, 0.2) is 66.7 Å². The molecule has 1 N–H and O–H groups in total. The average molecular weight is 514 g/mol. The van der Waals surface area contributed by atoms with Crippen molar-refractivity contribution in [2.24, 2.45) is 0 Å². The Labute approximate surface area is 226 Å². The van der Waals surface area contributed by atoms with Crippen molar-refractivity contribution in [1.29, 1.82) is 0 Å². The van der Waals surface area contributed by atoms with Crippen LogP contribution in [0.2, 0.25) is 0 Å². The van der Waals surface area contributed by atoms with Gasteiger partial charge in [-0.1, -0.05) is 83.1 Å². The van der Waals surface area contributed by atoms with Crippen LogP contribution in [-0.4, -0.2) is 34.0 Å². The first-order chi connectivity index (χ1) is 17.8.